The van der Waals surface area contributed by atoms with E-state index in [1.807, 2.05) is 6.07 Å². The summed E-state index contributed by atoms with van der Waals surface area (Å²) in [6.45, 7) is 7.64. The Morgan fingerprint density at radius 1 is 1.22 bits per heavy atom. The monoisotopic (exact) mass is 247 g/mol. The van der Waals surface area contributed by atoms with Gasteiger partial charge in [-0.1, -0.05) is 6.92 Å². The molecule has 5 heteroatoms. The first kappa shape index (κ1) is 11.7. The van der Waals surface area contributed by atoms with Crippen LogP contribution in [0.3, 0.4) is 0 Å². The van der Waals surface area contributed by atoms with Crippen LogP contribution < -0.4 is 10.6 Å². The lowest BCUT2D eigenvalue weighted by Crippen LogP contribution is -2.46. The normalized spacial score (nSPS) is 21.3. The third-order valence-corrected chi connectivity index (χ3v) is 3.84. The summed E-state index contributed by atoms with van der Waals surface area (Å²) in [4.78, 5) is 13.8. The van der Waals surface area contributed by atoms with E-state index in [2.05, 4.69) is 26.7 Å². The molecule has 1 saturated carbocycles. The smallest absolute Gasteiger partial charge is 0.136 e. The van der Waals surface area contributed by atoms with Crippen LogP contribution >= 0.6 is 0 Å². The Balaban J connectivity index is 1.75. The molecule has 2 N–H and O–H groups in total. The fourth-order valence-corrected chi connectivity index (χ4v) is 2.45. The zero-order chi connectivity index (χ0) is 12.5. The number of aromatic nitrogens is 2. The number of anilines is 2. The molecule has 0 aromatic carbocycles. The van der Waals surface area contributed by atoms with Gasteiger partial charge in [0.1, 0.15) is 17.5 Å². The lowest BCUT2D eigenvalue weighted by molar-refractivity contribution is 0.270. The molecule has 3 rings (SSSR count). The molecule has 0 radical (unpaired) electrons. The number of hydrogen-bond donors (Lipinski definition) is 1. The second-order valence-corrected chi connectivity index (χ2v) is 5.20. The van der Waals surface area contributed by atoms with E-state index in [0.29, 0.717) is 11.7 Å². The van der Waals surface area contributed by atoms with Crippen molar-refractivity contribution in [3.63, 3.8) is 0 Å². The topological polar surface area (TPSA) is 58.3 Å². The maximum atomic E-state index is 5.90. The SMILES string of the molecule is CCN1CCN(c2cc(N)nc(C3CC3)n2)CC1. The second-order valence-electron chi connectivity index (χ2n) is 5.20. The Morgan fingerprint density at radius 3 is 2.56 bits per heavy atom. The van der Waals surface area contributed by atoms with Crippen molar-refractivity contribution in [3.8, 4) is 0 Å². The Labute approximate surface area is 108 Å². The van der Waals surface area contributed by atoms with Crippen LogP contribution in [0.15, 0.2) is 6.07 Å². The zero-order valence-corrected chi connectivity index (χ0v) is 11.0. The highest BCUT2D eigenvalue weighted by Gasteiger charge is 2.28. The van der Waals surface area contributed by atoms with Gasteiger partial charge in [0.2, 0.25) is 0 Å². The number of nitrogens with zero attached hydrogens (tertiary/aromatic N) is 4. The quantitative estimate of drug-likeness (QED) is 0.866. The Morgan fingerprint density at radius 2 is 1.94 bits per heavy atom. The van der Waals surface area contributed by atoms with E-state index in [9.17, 15) is 0 Å². The van der Waals surface area contributed by atoms with E-state index >= 15 is 0 Å². The fourth-order valence-electron chi connectivity index (χ4n) is 2.45. The van der Waals surface area contributed by atoms with Gasteiger partial charge in [0.15, 0.2) is 0 Å². The summed E-state index contributed by atoms with van der Waals surface area (Å²) in [5, 5.41) is 0. The molecule has 1 aromatic rings. The summed E-state index contributed by atoms with van der Waals surface area (Å²) in [7, 11) is 0. The number of nitrogens with two attached hydrogens (primary N) is 1. The van der Waals surface area contributed by atoms with E-state index in [1.165, 1.54) is 12.8 Å². The number of likely N-dealkylation sites (N-methyl/N-ethyl adjacent to an activating group) is 1. The van der Waals surface area contributed by atoms with Crippen molar-refractivity contribution in [2.45, 2.75) is 25.7 Å². The minimum Gasteiger partial charge on any atom is -0.384 e. The number of nitrogen functional groups attached to an aromatic ring is 1. The van der Waals surface area contributed by atoms with E-state index in [-0.39, 0.29) is 0 Å². The van der Waals surface area contributed by atoms with Gasteiger partial charge in [-0.25, -0.2) is 9.97 Å². The van der Waals surface area contributed by atoms with E-state index in [0.717, 1.165) is 44.4 Å². The zero-order valence-electron chi connectivity index (χ0n) is 11.0. The van der Waals surface area contributed by atoms with Crippen molar-refractivity contribution in [2.75, 3.05) is 43.4 Å². The third kappa shape index (κ3) is 2.41. The molecule has 5 nitrogen and oxygen atoms in total. The number of piperazine rings is 1. The van der Waals surface area contributed by atoms with Crippen LogP contribution in [-0.4, -0.2) is 47.6 Å². The predicted octanol–water partition coefficient (Wildman–Crippen LogP) is 1.08. The van der Waals surface area contributed by atoms with Crippen LogP contribution in [0.1, 0.15) is 31.5 Å². The van der Waals surface area contributed by atoms with Crippen LogP contribution in [0.4, 0.5) is 11.6 Å². The van der Waals surface area contributed by atoms with Crippen LogP contribution in [0, 0.1) is 0 Å². The molecule has 1 aliphatic heterocycles. The standard InChI is InChI=1S/C13H21N5/c1-2-17-5-7-18(8-6-17)12-9-11(14)15-13(16-12)10-3-4-10/h9-10H,2-8H2,1H3,(H2,14,15,16). The van der Waals surface area contributed by atoms with Gasteiger partial charge in [-0.05, 0) is 19.4 Å². The molecule has 1 saturated heterocycles. The van der Waals surface area contributed by atoms with Crippen molar-refractivity contribution in [2.24, 2.45) is 0 Å². The van der Waals surface area contributed by atoms with Crippen LogP contribution in [0.25, 0.3) is 0 Å². The lowest BCUT2D eigenvalue weighted by Gasteiger charge is -2.34. The predicted molar refractivity (Wildman–Crippen MR) is 72.7 cm³/mol. The summed E-state index contributed by atoms with van der Waals surface area (Å²) in [5.74, 6) is 3.13. The number of hydrogen-bond acceptors (Lipinski definition) is 5. The minimum atomic E-state index is 0.559. The van der Waals surface area contributed by atoms with Crippen molar-refractivity contribution >= 4 is 11.6 Å². The molecule has 1 aliphatic carbocycles. The van der Waals surface area contributed by atoms with Gasteiger partial charge in [-0.3, -0.25) is 0 Å². The first-order valence-electron chi connectivity index (χ1n) is 6.88. The van der Waals surface area contributed by atoms with E-state index < -0.39 is 0 Å². The molecule has 2 heterocycles. The Kier molecular flexibility index (Phi) is 3.07. The van der Waals surface area contributed by atoms with Crippen molar-refractivity contribution < 1.29 is 0 Å². The minimum absolute atomic E-state index is 0.559. The molecule has 1 aromatic heterocycles. The van der Waals surface area contributed by atoms with Gasteiger partial charge in [0.25, 0.3) is 0 Å². The average molecular weight is 247 g/mol. The van der Waals surface area contributed by atoms with Gasteiger partial charge >= 0.3 is 0 Å². The third-order valence-electron chi connectivity index (χ3n) is 3.84. The van der Waals surface area contributed by atoms with Crippen molar-refractivity contribution in [1.29, 1.82) is 0 Å². The van der Waals surface area contributed by atoms with Gasteiger partial charge in [-0.15, -0.1) is 0 Å². The van der Waals surface area contributed by atoms with Crippen molar-refractivity contribution in [1.82, 2.24) is 14.9 Å². The summed E-state index contributed by atoms with van der Waals surface area (Å²) in [6, 6.07) is 1.91. The van der Waals surface area contributed by atoms with Crippen LogP contribution in [0.5, 0.6) is 0 Å². The highest BCUT2D eigenvalue weighted by atomic mass is 15.3. The summed E-state index contributed by atoms with van der Waals surface area (Å²) >= 11 is 0. The largest absolute Gasteiger partial charge is 0.384 e. The fraction of sp³-hybridized carbons (Fsp3) is 0.692. The summed E-state index contributed by atoms with van der Waals surface area (Å²) in [5.41, 5.74) is 5.90. The van der Waals surface area contributed by atoms with Crippen molar-refractivity contribution in [3.05, 3.63) is 11.9 Å². The second kappa shape index (κ2) is 4.72. The molecule has 2 aliphatic rings. The molecule has 2 fully saturated rings. The molecule has 0 amide bonds. The summed E-state index contributed by atoms with van der Waals surface area (Å²) < 4.78 is 0. The van der Waals surface area contributed by atoms with Crippen LogP contribution in [0.2, 0.25) is 0 Å². The molecule has 0 bridgehead atoms. The van der Waals surface area contributed by atoms with E-state index in [4.69, 9.17) is 5.73 Å². The van der Waals surface area contributed by atoms with Gasteiger partial charge in [0.05, 0.1) is 0 Å². The maximum absolute atomic E-state index is 5.90. The highest BCUT2D eigenvalue weighted by Crippen LogP contribution is 2.38. The first-order valence-corrected chi connectivity index (χ1v) is 6.88. The lowest BCUT2D eigenvalue weighted by atomic mass is 10.3. The van der Waals surface area contributed by atoms with Gasteiger partial charge in [0, 0.05) is 38.2 Å². The Hall–Kier alpha value is -1.36. The van der Waals surface area contributed by atoms with Gasteiger partial charge in [-0.2, -0.15) is 0 Å². The molecule has 98 valence electrons. The molecule has 18 heavy (non-hydrogen) atoms. The molecule has 0 atom stereocenters. The summed E-state index contributed by atoms with van der Waals surface area (Å²) in [6.07, 6.45) is 2.43. The van der Waals surface area contributed by atoms with Gasteiger partial charge < -0.3 is 15.5 Å². The first-order chi connectivity index (χ1) is 8.76. The highest BCUT2D eigenvalue weighted by molar-refractivity contribution is 5.48. The molecule has 0 unspecified atom stereocenters. The molecular weight excluding hydrogens is 226 g/mol. The average Bonchev–Trinajstić information content (AvgIpc) is 3.22. The molecule has 0 spiro atoms. The number of rotatable bonds is 3. The van der Waals surface area contributed by atoms with Crippen LogP contribution in [-0.2, 0) is 0 Å². The van der Waals surface area contributed by atoms with E-state index in [1.54, 1.807) is 0 Å². The molecular formula is C13H21N5. The Bertz CT molecular complexity index is 421. The maximum Gasteiger partial charge on any atom is 0.136 e.